The number of rotatable bonds is 9. The Morgan fingerprint density at radius 3 is 2.74 bits per heavy atom. The van der Waals surface area contributed by atoms with Crippen LogP contribution in [0.15, 0.2) is 14.9 Å². The molecule has 0 aliphatic rings. The summed E-state index contributed by atoms with van der Waals surface area (Å²) >= 11 is 2.42. The number of esters is 1. The van der Waals surface area contributed by atoms with Crippen LogP contribution in [0.25, 0.3) is 0 Å². The molecule has 1 heterocycles. The first-order valence-corrected chi connectivity index (χ1v) is 9.87. The summed E-state index contributed by atoms with van der Waals surface area (Å²) in [6.07, 6.45) is 3.25. The molecule has 1 unspecified atom stereocenters. The van der Waals surface area contributed by atoms with Gasteiger partial charge in [-0.15, -0.1) is 22.0 Å². The van der Waals surface area contributed by atoms with E-state index in [-0.39, 0.29) is 25.3 Å². The number of nitriles is 1. The molecule has 1 N–H and O–H groups in total. The number of aromatic nitrogens is 2. The van der Waals surface area contributed by atoms with Gasteiger partial charge in [-0.1, -0.05) is 11.3 Å². The second kappa shape index (κ2) is 10.3. The number of carbonyl (C=O) groups excluding carboxylic acids is 1. The predicted octanol–water partition coefficient (Wildman–Crippen LogP) is 0.653. The Labute approximate surface area is 144 Å². The molecule has 0 aromatic carbocycles. The van der Waals surface area contributed by atoms with E-state index in [0.717, 1.165) is 0 Å². The molecule has 1 rings (SSSR count). The Bertz CT molecular complexity index is 638. The molecule has 1 atom stereocenters. The fraction of sp³-hybridized carbons (Fsp3) is 0.500. The molecule has 0 saturated carbocycles. The number of nitrogens with zero attached hydrogens (tertiary/aromatic N) is 3. The average molecular weight is 376 g/mol. The molecule has 0 aliphatic heterocycles. The van der Waals surface area contributed by atoms with Gasteiger partial charge in [0.1, 0.15) is 17.7 Å². The summed E-state index contributed by atoms with van der Waals surface area (Å²) in [6.45, 7) is 0.597. The van der Waals surface area contributed by atoms with E-state index in [4.69, 9.17) is 14.7 Å². The van der Waals surface area contributed by atoms with E-state index in [1.54, 1.807) is 6.26 Å². The molecule has 0 aliphatic carbocycles. The highest BCUT2D eigenvalue weighted by Crippen LogP contribution is 2.18. The van der Waals surface area contributed by atoms with Crippen molar-refractivity contribution in [2.45, 2.75) is 10.9 Å². The maximum absolute atomic E-state index is 11.9. The molecule has 0 fully saturated rings. The monoisotopic (exact) mass is 376 g/mol. The van der Waals surface area contributed by atoms with Gasteiger partial charge in [0.25, 0.3) is 0 Å². The summed E-state index contributed by atoms with van der Waals surface area (Å²) in [7, 11) is 0.304. The highest BCUT2D eigenvalue weighted by atomic mass is 32.2. The van der Waals surface area contributed by atoms with E-state index >= 15 is 0 Å². The molecule has 0 bridgehead atoms. The number of hydrogen-bond acceptors (Lipinski definition) is 10. The van der Waals surface area contributed by atoms with Crippen molar-refractivity contribution in [3.8, 4) is 6.07 Å². The molecule has 126 valence electrons. The molecule has 1 aromatic heterocycles. The normalized spacial score (nSPS) is 13.0. The van der Waals surface area contributed by atoms with Gasteiger partial charge in [-0.3, -0.25) is 4.21 Å². The average Bonchev–Trinajstić information content (AvgIpc) is 3.00. The van der Waals surface area contributed by atoms with Gasteiger partial charge in [-0.2, -0.15) is 5.26 Å². The minimum absolute atomic E-state index is 0.0737. The third-order valence-electron chi connectivity index (χ3n) is 2.36. The van der Waals surface area contributed by atoms with Crippen molar-refractivity contribution in [2.24, 2.45) is 0 Å². The lowest BCUT2D eigenvalue weighted by Gasteiger charge is -2.09. The van der Waals surface area contributed by atoms with E-state index in [1.165, 1.54) is 36.5 Å². The summed E-state index contributed by atoms with van der Waals surface area (Å²) in [5, 5.41) is 20.8. The summed E-state index contributed by atoms with van der Waals surface area (Å²) in [4.78, 5) is 11.9. The van der Waals surface area contributed by atoms with Crippen molar-refractivity contribution in [2.75, 3.05) is 32.8 Å². The van der Waals surface area contributed by atoms with Crippen LogP contribution in [0.1, 0.15) is 5.01 Å². The predicted molar refractivity (Wildman–Crippen MR) is 88.1 cm³/mol. The molecule has 0 radical (unpaired) electrons. The second-order valence-electron chi connectivity index (χ2n) is 3.92. The van der Waals surface area contributed by atoms with Crippen LogP contribution in [0.2, 0.25) is 0 Å². The number of hydrogen-bond donors (Lipinski definition) is 1. The van der Waals surface area contributed by atoms with Gasteiger partial charge in [-0.05, 0) is 6.26 Å². The van der Waals surface area contributed by atoms with E-state index in [1.807, 2.05) is 6.07 Å². The van der Waals surface area contributed by atoms with Crippen LogP contribution in [0.4, 0.5) is 0 Å². The topological polar surface area (TPSA) is 114 Å². The third-order valence-corrected chi connectivity index (χ3v) is 5.36. The molecule has 0 saturated heterocycles. The minimum atomic E-state index is -1.19. The Kier molecular flexibility index (Phi) is 8.78. The zero-order chi connectivity index (χ0) is 17.2. The zero-order valence-corrected chi connectivity index (χ0v) is 15.3. The smallest absolute Gasteiger partial charge is 0.351 e. The third kappa shape index (κ3) is 6.26. The first-order valence-electron chi connectivity index (χ1n) is 6.27. The lowest BCUT2D eigenvalue weighted by Crippen LogP contribution is -2.18. The lowest BCUT2D eigenvalue weighted by molar-refractivity contribution is -0.139. The molecule has 1 aromatic rings. The highest BCUT2D eigenvalue weighted by molar-refractivity contribution is 8.02. The Hall–Kier alpha value is -1.48. The van der Waals surface area contributed by atoms with Crippen molar-refractivity contribution in [1.82, 2.24) is 15.5 Å². The van der Waals surface area contributed by atoms with Crippen LogP contribution in [0.3, 0.4) is 0 Å². The number of ether oxygens (including phenoxy) is 2. The summed E-state index contributed by atoms with van der Waals surface area (Å²) < 4.78 is 21.4. The second-order valence-corrected chi connectivity index (χ2v) is 7.35. The van der Waals surface area contributed by atoms with E-state index in [9.17, 15) is 9.00 Å². The van der Waals surface area contributed by atoms with Crippen molar-refractivity contribution in [3.05, 3.63) is 15.6 Å². The van der Waals surface area contributed by atoms with E-state index in [2.05, 4.69) is 15.5 Å². The van der Waals surface area contributed by atoms with Crippen LogP contribution in [-0.2, 0) is 31.6 Å². The zero-order valence-electron chi connectivity index (χ0n) is 12.8. The van der Waals surface area contributed by atoms with Gasteiger partial charge in [0.05, 0.1) is 29.0 Å². The first kappa shape index (κ1) is 19.6. The molecule has 11 heteroatoms. The number of nitrogens with one attached hydrogen (secondary N) is 1. The fourth-order valence-electron chi connectivity index (χ4n) is 1.32. The highest BCUT2D eigenvalue weighted by Gasteiger charge is 2.17. The van der Waals surface area contributed by atoms with Gasteiger partial charge in [0.2, 0.25) is 4.34 Å². The molecular formula is C12H16N4O4S3. The van der Waals surface area contributed by atoms with Crippen LogP contribution < -0.4 is 5.32 Å². The number of thioether (sulfide) groups is 1. The van der Waals surface area contributed by atoms with Crippen molar-refractivity contribution >= 4 is 39.9 Å². The van der Waals surface area contributed by atoms with Gasteiger partial charge in [-0.25, -0.2) is 4.79 Å². The number of carbonyl (C=O) groups is 1. The van der Waals surface area contributed by atoms with Gasteiger partial charge >= 0.3 is 5.97 Å². The first-order chi connectivity index (χ1) is 11.0. The molecule has 23 heavy (non-hydrogen) atoms. The van der Waals surface area contributed by atoms with Gasteiger partial charge in [0, 0.05) is 13.4 Å². The standard InChI is InChI=1S/C12H16N4O4S3/c1-19-4-5-20-11(17)8(6-13)10(21-2)14-7-9-15-16-12(22-9)23(3)18/h14H,4-5,7H2,1-3H3/b10-8-. The Morgan fingerprint density at radius 2 is 2.22 bits per heavy atom. The quantitative estimate of drug-likeness (QED) is 0.287. The van der Waals surface area contributed by atoms with Crippen molar-refractivity contribution < 1.29 is 18.5 Å². The molecule has 0 spiro atoms. The number of methoxy groups -OCH3 is 1. The largest absolute Gasteiger partial charge is 0.459 e. The van der Waals surface area contributed by atoms with Crippen LogP contribution in [-0.4, -0.2) is 53.2 Å². The summed E-state index contributed by atoms with van der Waals surface area (Å²) in [5.74, 6) is -0.714. The molecular weight excluding hydrogens is 360 g/mol. The maximum Gasteiger partial charge on any atom is 0.351 e. The van der Waals surface area contributed by atoms with E-state index in [0.29, 0.717) is 14.4 Å². The SMILES string of the molecule is COCCOC(=O)/C(C#N)=C(/NCc1nnc(S(C)=O)s1)SC. The minimum Gasteiger partial charge on any atom is -0.459 e. The van der Waals surface area contributed by atoms with Crippen LogP contribution in [0, 0.1) is 11.3 Å². The molecule has 8 nitrogen and oxygen atoms in total. The van der Waals surface area contributed by atoms with Gasteiger partial charge < -0.3 is 14.8 Å². The van der Waals surface area contributed by atoms with Crippen molar-refractivity contribution in [3.63, 3.8) is 0 Å². The lowest BCUT2D eigenvalue weighted by atomic mass is 10.3. The fourth-order valence-corrected chi connectivity index (χ4v) is 3.30. The van der Waals surface area contributed by atoms with Crippen molar-refractivity contribution in [1.29, 1.82) is 5.26 Å². The van der Waals surface area contributed by atoms with Gasteiger partial charge in [0.15, 0.2) is 5.57 Å². The summed E-state index contributed by atoms with van der Waals surface area (Å²) in [6, 6.07) is 1.84. The van der Waals surface area contributed by atoms with Crippen LogP contribution in [0.5, 0.6) is 0 Å². The van der Waals surface area contributed by atoms with E-state index < -0.39 is 16.8 Å². The molecule has 0 amide bonds. The Balaban J connectivity index is 2.76. The Morgan fingerprint density at radius 1 is 1.48 bits per heavy atom. The maximum atomic E-state index is 11.9. The van der Waals surface area contributed by atoms with Crippen LogP contribution >= 0.6 is 23.1 Å². The summed E-state index contributed by atoms with van der Waals surface area (Å²) in [5.41, 5.74) is -0.114.